The van der Waals surface area contributed by atoms with E-state index in [0.717, 1.165) is 24.3 Å². The van der Waals surface area contributed by atoms with Crippen molar-refractivity contribution >= 4 is 34.8 Å². The zero-order valence-corrected chi connectivity index (χ0v) is 12.9. The third kappa shape index (κ3) is 5.27. The molecule has 0 radical (unpaired) electrons. The van der Waals surface area contributed by atoms with Gasteiger partial charge >= 0.3 is 6.18 Å². The average molecular weight is 357 g/mol. The zero-order valence-electron chi connectivity index (χ0n) is 12.2. The number of carbonyl (C=O) groups excluding carboxylic acids is 2. The molecule has 0 fully saturated rings. The van der Waals surface area contributed by atoms with Crippen LogP contribution >= 0.6 is 11.6 Å². The van der Waals surface area contributed by atoms with Crippen LogP contribution in [0, 0.1) is 0 Å². The standard InChI is InChI=1S/C16H12ClF3N2O2/c17-11-3-7-13(8-4-11)22-15(24)9-14(23)21-12-5-1-10(2-6-12)16(18,19)20/h1-8H,9H2,(H,21,23)(H,22,24). The highest BCUT2D eigenvalue weighted by Crippen LogP contribution is 2.29. The molecule has 0 aliphatic heterocycles. The summed E-state index contributed by atoms with van der Waals surface area (Å²) in [5.74, 6) is -1.19. The maximum Gasteiger partial charge on any atom is 0.416 e. The van der Waals surface area contributed by atoms with Gasteiger partial charge in [-0.3, -0.25) is 9.59 Å². The van der Waals surface area contributed by atoms with Crippen LogP contribution in [0.3, 0.4) is 0 Å². The summed E-state index contributed by atoms with van der Waals surface area (Å²) in [5, 5.41) is 5.37. The van der Waals surface area contributed by atoms with Gasteiger partial charge in [-0.2, -0.15) is 13.2 Å². The van der Waals surface area contributed by atoms with Gasteiger partial charge in [0.25, 0.3) is 0 Å². The molecule has 0 atom stereocenters. The number of carbonyl (C=O) groups is 2. The van der Waals surface area contributed by atoms with Gasteiger partial charge in [0.2, 0.25) is 11.8 Å². The lowest BCUT2D eigenvalue weighted by molar-refractivity contribution is -0.137. The number of rotatable bonds is 4. The van der Waals surface area contributed by atoms with E-state index in [9.17, 15) is 22.8 Å². The molecular weight excluding hydrogens is 345 g/mol. The molecule has 0 heterocycles. The van der Waals surface area contributed by atoms with Crippen LogP contribution in [0.2, 0.25) is 5.02 Å². The van der Waals surface area contributed by atoms with Crippen LogP contribution in [0.4, 0.5) is 24.5 Å². The first-order valence-electron chi connectivity index (χ1n) is 6.76. The lowest BCUT2D eigenvalue weighted by Gasteiger charge is -2.09. The molecule has 0 aliphatic rings. The Morgan fingerprint density at radius 1 is 0.833 bits per heavy atom. The van der Waals surface area contributed by atoms with Crippen molar-refractivity contribution in [3.05, 3.63) is 59.1 Å². The monoisotopic (exact) mass is 356 g/mol. The minimum absolute atomic E-state index is 0.173. The third-order valence-electron chi connectivity index (χ3n) is 2.95. The Kier molecular flexibility index (Phi) is 5.46. The van der Waals surface area contributed by atoms with Crippen molar-refractivity contribution in [1.29, 1.82) is 0 Å². The summed E-state index contributed by atoms with van der Waals surface area (Å²) < 4.78 is 37.3. The lowest BCUT2D eigenvalue weighted by atomic mass is 10.2. The minimum Gasteiger partial charge on any atom is -0.326 e. The van der Waals surface area contributed by atoms with Crippen molar-refractivity contribution < 1.29 is 22.8 Å². The fourth-order valence-corrected chi connectivity index (χ4v) is 1.96. The smallest absolute Gasteiger partial charge is 0.326 e. The number of hydrogen-bond donors (Lipinski definition) is 2. The van der Waals surface area contributed by atoms with E-state index in [1.165, 1.54) is 0 Å². The van der Waals surface area contributed by atoms with Crippen molar-refractivity contribution in [2.24, 2.45) is 0 Å². The van der Waals surface area contributed by atoms with Crippen molar-refractivity contribution in [2.45, 2.75) is 12.6 Å². The summed E-state index contributed by atoms with van der Waals surface area (Å²) in [6.45, 7) is 0. The number of alkyl halides is 3. The van der Waals surface area contributed by atoms with Gasteiger partial charge in [-0.05, 0) is 48.5 Å². The summed E-state index contributed by atoms with van der Waals surface area (Å²) in [4.78, 5) is 23.5. The molecule has 0 spiro atoms. The van der Waals surface area contributed by atoms with E-state index in [0.29, 0.717) is 10.7 Å². The molecule has 2 aromatic carbocycles. The van der Waals surface area contributed by atoms with Crippen LogP contribution < -0.4 is 10.6 Å². The molecule has 0 aliphatic carbocycles. The van der Waals surface area contributed by atoms with Gasteiger partial charge in [0.15, 0.2) is 0 Å². The molecule has 0 bridgehead atoms. The van der Waals surface area contributed by atoms with Crippen LogP contribution in [-0.2, 0) is 15.8 Å². The Morgan fingerprint density at radius 3 is 1.67 bits per heavy atom. The number of halogens is 4. The molecule has 0 saturated carbocycles. The van der Waals surface area contributed by atoms with E-state index in [-0.39, 0.29) is 5.69 Å². The van der Waals surface area contributed by atoms with Gasteiger partial charge in [-0.1, -0.05) is 11.6 Å². The van der Waals surface area contributed by atoms with Crippen molar-refractivity contribution in [3.8, 4) is 0 Å². The van der Waals surface area contributed by atoms with Crippen LogP contribution in [0.15, 0.2) is 48.5 Å². The first-order valence-corrected chi connectivity index (χ1v) is 7.14. The topological polar surface area (TPSA) is 58.2 Å². The van der Waals surface area contributed by atoms with Crippen LogP contribution in [0.25, 0.3) is 0 Å². The summed E-state index contributed by atoms with van der Waals surface area (Å²) in [6.07, 6.45) is -4.91. The van der Waals surface area contributed by atoms with Gasteiger partial charge in [0, 0.05) is 16.4 Å². The second-order valence-corrected chi connectivity index (χ2v) is 5.29. The zero-order chi connectivity index (χ0) is 17.7. The highest BCUT2D eigenvalue weighted by atomic mass is 35.5. The van der Waals surface area contributed by atoms with Crippen molar-refractivity contribution in [2.75, 3.05) is 10.6 Å². The molecule has 2 N–H and O–H groups in total. The summed E-state index contributed by atoms with van der Waals surface area (Å²) in [5.41, 5.74) is -0.167. The van der Waals surface area contributed by atoms with Crippen LogP contribution in [0.1, 0.15) is 12.0 Å². The SMILES string of the molecule is O=C(CC(=O)Nc1ccc(C(F)(F)F)cc1)Nc1ccc(Cl)cc1. The second-order valence-electron chi connectivity index (χ2n) is 4.86. The molecule has 2 aromatic rings. The van der Waals surface area contributed by atoms with E-state index < -0.39 is 30.0 Å². The van der Waals surface area contributed by atoms with Gasteiger partial charge in [-0.25, -0.2) is 0 Å². The van der Waals surface area contributed by atoms with E-state index >= 15 is 0 Å². The first kappa shape index (κ1) is 17.8. The first-order chi connectivity index (χ1) is 11.2. The number of benzene rings is 2. The molecule has 2 rings (SSSR count). The van der Waals surface area contributed by atoms with Crippen LogP contribution in [-0.4, -0.2) is 11.8 Å². The predicted molar refractivity (Wildman–Crippen MR) is 84.8 cm³/mol. The largest absolute Gasteiger partial charge is 0.416 e. The molecule has 4 nitrogen and oxygen atoms in total. The Balaban J connectivity index is 1.88. The van der Waals surface area contributed by atoms with E-state index in [1.807, 2.05) is 0 Å². The number of anilines is 2. The van der Waals surface area contributed by atoms with E-state index in [2.05, 4.69) is 10.6 Å². The fourth-order valence-electron chi connectivity index (χ4n) is 1.83. The molecule has 126 valence electrons. The Labute approximate surface area is 140 Å². The third-order valence-corrected chi connectivity index (χ3v) is 3.20. The molecule has 24 heavy (non-hydrogen) atoms. The highest BCUT2D eigenvalue weighted by Gasteiger charge is 2.30. The maximum atomic E-state index is 12.4. The maximum absolute atomic E-state index is 12.4. The molecule has 0 aromatic heterocycles. The van der Waals surface area contributed by atoms with E-state index in [4.69, 9.17) is 11.6 Å². The predicted octanol–water partition coefficient (Wildman–Crippen LogP) is 4.33. The molecule has 2 amide bonds. The van der Waals surface area contributed by atoms with Crippen molar-refractivity contribution in [1.82, 2.24) is 0 Å². The van der Waals surface area contributed by atoms with E-state index in [1.54, 1.807) is 24.3 Å². The molecule has 8 heteroatoms. The Hall–Kier alpha value is -2.54. The lowest BCUT2D eigenvalue weighted by Crippen LogP contribution is -2.21. The Morgan fingerprint density at radius 2 is 1.25 bits per heavy atom. The second kappa shape index (κ2) is 7.35. The normalized spacial score (nSPS) is 11.0. The minimum atomic E-state index is -4.44. The average Bonchev–Trinajstić information content (AvgIpc) is 2.49. The fraction of sp³-hybridized carbons (Fsp3) is 0.125. The summed E-state index contributed by atoms with van der Waals surface area (Å²) in [7, 11) is 0. The molecule has 0 unspecified atom stereocenters. The highest BCUT2D eigenvalue weighted by molar-refractivity contribution is 6.30. The Bertz CT molecular complexity index is 728. The van der Waals surface area contributed by atoms with Gasteiger partial charge < -0.3 is 10.6 Å². The number of amides is 2. The van der Waals surface area contributed by atoms with Crippen LogP contribution in [0.5, 0.6) is 0 Å². The summed E-state index contributed by atoms with van der Waals surface area (Å²) >= 11 is 5.71. The molecular formula is C16H12ClF3N2O2. The number of hydrogen-bond acceptors (Lipinski definition) is 2. The van der Waals surface area contributed by atoms with Gasteiger partial charge in [0.1, 0.15) is 6.42 Å². The van der Waals surface area contributed by atoms with Gasteiger partial charge in [0.05, 0.1) is 5.56 Å². The summed E-state index contributed by atoms with van der Waals surface area (Å²) in [6, 6.07) is 10.3. The number of nitrogens with one attached hydrogen (secondary N) is 2. The van der Waals surface area contributed by atoms with Gasteiger partial charge in [-0.15, -0.1) is 0 Å². The van der Waals surface area contributed by atoms with Crippen molar-refractivity contribution in [3.63, 3.8) is 0 Å². The quantitative estimate of drug-likeness (QED) is 0.801. The molecule has 0 saturated heterocycles.